The molecule has 2 aromatic heterocycles. The third-order valence-corrected chi connectivity index (χ3v) is 8.56. The molecule has 2 saturated heterocycles. The maximum Gasteiger partial charge on any atom is 0.224 e. The third kappa shape index (κ3) is 5.53. The van der Waals surface area contributed by atoms with Crippen LogP contribution < -0.4 is 10.2 Å². The van der Waals surface area contributed by atoms with E-state index in [9.17, 15) is 9.18 Å². The van der Waals surface area contributed by atoms with Crippen LogP contribution in [0.2, 0.25) is 0 Å². The van der Waals surface area contributed by atoms with Gasteiger partial charge in [0.1, 0.15) is 18.0 Å². The van der Waals surface area contributed by atoms with Gasteiger partial charge in [0, 0.05) is 39.1 Å². The van der Waals surface area contributed by atoms with Gasteiger partial charge in [0.2, 0.25) is 5.91 Å². The highest BCUT2D eigenvalue weighted by atomic mass is 19.1. The molecule has 1 N–H and O–H groups in total. The van der Waals surface area contributed by atoms with Crippen LogP contribution in [0, 0.1) is 17.7 Å². The molecule has 0 bridgehead atoms. The molecule has 3 aliphatic rings. The average molecular weight is 520 g/mol. The molecule has 0 saturated carbocycles. The summed E-state index contributed by atoms with van der Waals surface area (Å²) in [7, 11) is 0. The lowest BCUT2D eigenvalue weighted by Crippen LogP contribution is -2.45. The summed E-state index contributed by atoms with van der Waals surface area (Å²) in [5.41, 5.74) is 2.97. The number of carbonyl (C=O) groups excluding carboxylic acids is 1. The molecule has 2 fully saturated rings. The van der Waals surface area contributed by atoms with E-state index < -0.39 is 0 Å². The van der Waals surface area contributed by atoms with Crippen LogP contribution in [0.4, 0.5) is 10.2 Å². The van der Waals surface area contributed by atoms with Gasteiger partial charge in [-0.15, -0.1) is 0 Å². The fraction of sp³-hybridized carbons (Fsp3) is 0.586. The van der Waals surface area contributed by atoms with Crippen molar-refractivity contribution >= 4 is 22.9 Å². The van der Waals surface area contributed by atoms with Gasteiger partial charge in [-0.3, -0.25) is 9.69 Å². The van der Waals surface area contributed by atoms with Crippen molar-refractivity contribution in [2.24, 2.45) is 11.8 Å². The van der Waals surface area contributed by atoms with Gasteiger partial charge in [0.15, 0.2) is 17.0 Å². The Balaban J connectivity index is 1.02. The van der Waals surface area contributed by atoms with Gasteiger partial charge in [0.25, 0.3) is 0 Å². The maximum atomic E-state index is 13.2. The summed E-state index contributed by atoms with van der Waals surface area (Å²) in [5, 5.41) is 3.27. The second kappa shape index (κ2) is 11.4. The van der Waals surface area contributed by atoms with Crippen LogP contribution in [0.5, 0.6) is 0 Å². The molecule has 38 heavy (non-hydrogen) atoms. The van der Waals surface area contributed by atoms with Crippen LogP contribution in [0.1, 0.15) is 56.3 Å². The fourth-order valence-electron chi connectivity index (χ4n) is 6.33. The van der Waals surface area contributed by atoms with Crippen LogP contribution in [0.3, 0.4) is 0 Å². The number of rotatable bonds is 6. The van der Waals surface area contributed by atoms with Crippen molar-refractivity contribution in [1.82, 2.24) is 29.7 Å². The lowest BCUT2D eigenvalue weighted by atomic mass is 9.94. The molecule has 9 heteroatoms. The van der Waals surface area contributed by atoms with E-state index in [0.717, 1.165) is 106 Å². The molecule has 3 aliphatic heterocycles. The van der Waals surface area contributed by atoms with Gasteiger partial charge >= 0.3 is 0 Å². The second-order valence-corrected chi connectivity index (χ2v) is 11.2. The molecule has 0 radical (unpaired) electrons. The first-order valence-corrected chi connectivity index (χ1v) is 14.3. The molecule has 202 valence electrons. The summed E-state index contributed by atoms with van der Waals surface area (Å²) in [6.45, 7) is 6.15. The van der Waals surface area contributed by atoms with E-state index in [1.54, 1.807) is 6.33 Å². The molecule has 0 unspecified atom stereocenters. The minimum atomic E-state index is -0.190. The number of likely N-dealkylation sites (tertiary alicyclic amines) is 1. The van der Waals surface area contributed by atoms with Crippen LogP contribution in [-0.2, 0) is 24.3 Å². The summed E-state index contributed by atoms with van der Waals surface area (Å²) < 4.78 is 15.4. The first-order valence-electron chi connectivity index (χ1n) is 14.3. The van der Waals surface area contributed by atoms with Gasteiger partial charge in [-0.1, -0.05) is 18.6 Å². The number of benzene rings is 1. The van der Waals surface area contributed by atoms with E-state index in [1.165, 1.54) is 25.0 Å². The van der Waals surface area contributed by atoms with Crippen molar-refractivity contribution in [1.29, 1.82) is 0 Å². The van der Waals surface area contributed by atoms with E-state index in [0.29, 0.717) is 12.5 Å². The number of piperidine rings is 2. The quantitative estimate of drug-likeness (QED) is 0.532. The first kappa shape index (κ1) is 25.2. The Hall–Kier alpha value is -3.07. The number of aromatic nitrogens is 4. The Bertz CT molecular complexity index is 1250. The number of nitrogens with zero attached hydrogens (tertiary/aromatic N) is 6. The van der Waals surface area contributed by atoms with E-state index >= 15 is 0 Å². The number of nitrogens with one attached hydrogen (secondary N) is 1. The molecule has 0 spiro atoms. The summed E-state index contributed by atoms with van der Waals surface area (Å²) in [6.07, 6.45) is 10.2. The highest BCUT2D eigenvalue weighted by Gasteiger charge is 2.30. The largest absolute Gasteiger partial charge is 0.356 e. The predicted octanol–water partition coefficient (Wildman–Crippen LogP) is 3.94. The fourth-order valence-corrected chi connectivity index (χ4v) is 6.33. The van der Waals surface area contributed by atoms with Gasteiger partial charge in [0.05, 0.1) is 5.92 Å². The van der Waals surface area contributed by atoms with Crippen molar-refractivity contribution < 1.29 is 9.18 Å². The zero-order valence-electron chi connectivity index (χ0n) is 22.1. The van der Waals surface area contributed by atoms with Crippen molar-refractivity contribution in [2.75, 3.05) is 37.6 Å². The monoisotopic (exact) mass is 519 g/mol. The predicted molar refractivity (Wildman–Crippen MR) is 145 cm³/mol. The van der Waals surface area contributed by atoms with Gasteiger partial charge in [-0.25, -0.2) is 19.3 Å². The van der Waals surface area contributed by atoms with Crippen LogP contribution in [0.25, 0.3) is 11.2 Å². The molecule has 6 rings (SSSR count). The number of fused-ring (bicyclic) bond motifs is 3. The molecule has 8 nitrogen and oxygen atoms in total. The Labute approximate surface area is 223 Å². The average Bonchev–Trinajstić information content (AvgIpc) is 3.14. The number of carbonyl (C=O) groups is 1. The van der Waals surface area contributed by atoms with E-state index in [1.807, 2.05) is 12.1 Å². The molecular formula is C29H38FN7O. The molecule has 5 heterocycles. The number of hydrogen-bond acceptors (Lipinski definition) is 6. The standard InChI is InChI=1S/C29H38FN7O/c30-24-9-7-22(8-10-24)18-35-15-11-21(12-16-35)17-31-29(38)23-5-4-13-36(19-23)27-26-28(33-20-32-27)37-14-3-1-2-6-25(37)34-26/h7-10,20-21,23H,1-6,11-19H2,(H,31,38)/t23-/m1/s1. The second-order valence-electron chi connectivity index (χ2n) is 11.2. The zero-order chi connectivity index (χ0) is 25.9. The molecule has 1 amide bonds. The number of hydrogen-bond donors (Lipinski definition) is 1. The highest BCUT2D eigenvalue weighted by molar-refractivity contribution is 5.85. The number of halogens is 1. The highest BCUT2D eigenvalue weighted by Crippen LogP contribution is 2.29. The smallest absolute Gasteiger partial charge is 0.224 e. The van der Waals surface area contributed by atoms with Crippen molar-refractivity contribution in [3.63, 3.8) is 0 Å². The molecule has 3 aromatic rings. The first-order chi connectivity index (χ1) is 18.6. The molecular weight excluding hydrogens is 481 g/mol. The summed E-state index contributed by atoms with van der Waals surface area (Å²) in [4.78, 5) is 32.0. The van der Waals surface area contributed by atoms with Crippen molar-refractivity contribution in [3.8, 4) is 0 Å². The Morgan fingerprint density at radius 3 is 2.66 bits per heavy atom. The number of aryl methyl sites for hydroxylation is 2. The summed E-state index contributed by atoms with van der Waals surface area (Å²) >= 11 is 0. The van der Waals surface area contributed by atoms with Crippen molar-refractivity contribution in [2.45, 2.75) is 64.5 Å². The summed E-state index contributed by atoms with van der Waals surface area (Å²) in [6, 6.07) is 6.79. The normalized spacial score (nSPS) is 21.3. The minimum Gasteiger partial charge on any atom is -0.356 e. The topological polar surface area (TPSA) is 79.2 Å². The SMILES string of the molecule is O=C(NCC1CCN(Cc2ccc(F)cc2)CC1)[C@@H]1CCCN(c2ncnc3c2nc2n3CCCCC2)C1. The maximum absolute atomic E-state index is 13.2. The van der Waals surface area contributed by atoms with Crippen LogP contribution in [-0.4, -0.2) is 63.0 Å². The van der Waals surface area contributed by atoms with E-state index in [-0.39, 0.29) is 17.6 Å². The lowest BCUT2D eigenvalue weighted by Gasteiger charge is -2.34. The molecule has 1 atom stereocenters. The van der Waals surface area contributed by atoms with Crippen LogP contribution in [0.15, 0.2) is 30.6 Å². The number of anilines is 1. The molecule has 1 aromatic carbocycles. The number of imidazole rings is 1. The van der Waals surface area contributed by atoms with Gasteiger partial charge in [-0.05, 0) is 75.2 Å². The van der Waals surface area contributed by atoms with E-state index in [2.05, 4.69) is 29.7 Å². The Morgan fingerprint density at radius 1 is 0.974 bits per heavy atom. The third-order valence-electron chi connectivity index (χ3n) is 8.56. The van der Waals surface area contributed by atoms with Crippen molar-refractivity contribution in [3.05, 3.63) is 47.8 Å². The van der Waals surface area contributed by atoms with Gasteiger partial charge in [-0.2, -0.15) is 0 Å². The van der Waals surface area contributed by atoms with Gasteiger partial charge < -0.3 is 14.8 Å². The minimum absolute atomic E-state index is 0.0345. The zero-order valence-corrected chi connectivity index (χ0v) is 22.1. The molecule has 0 aliphatic carbocycles. The van der Waals surface area contributed by atoms with Crippen LogP contribution >= 0.6 is 0 Å². The Kier molecular flexibility index (Phi) is 7.53. The van der Waals surface area contributed by atoms with E-state index in [4.69, 9.17) is 4.98 Å². The lowest BCUT2D eigenvalue weighted by molar-refractivity contribution is -0.125. The summed E-state index contributed by atoms with van der Waals surface area (Å²) in [5.74, 6) is 2.44. The number of amides is 1. The Morgan fingerprint density at radius 2 is 1.82 bits per heavy atom.